The van der Waals surface area contributed by atoms with E-state index < -0.39 is 11.9 Å². The van der Waals surface area contributed by atoms with Gasteiger partial charge in [-0.1, -0.05) is 0 Å². The summed E-state index contributed by atoms with van der Waals surface area (Å²) in [5.41, 5.74) is 1.05. The van der Waals surface area contributed by atoms with Gasteiger partial charge < -0.3 is 20.3 Å². The molecule has 0 unspecified atom stereocenters. The minimum absolute atomic E-state index is 0.189. The third-order valence-corrected chi connectivity index (χ3v) is 2.71. The average molecular weight is 287 g/mol. The first-order chi connectivity index (χ1) is 9.95. The largest absolute Gasteiger partial charge is 0.508 e. The van der Waals surface area contributed by atoms with Crippen molar-refractivity contribution in [2.45, 2.75) is 6.92 Å². The van der Waals surface area contributed by atoms with Gasteiger partial charge in [-0.25, -0.2) is 4.79 Å². The van der Waals surface area contributed by atoms with Gasteiger partial charge in [0.15, 0.2) is 0 Å². The van der Waals surface area contributed by atoms with E-state index in [0.717, 1.165) is 0 Å². The van der Waals surface area contributed by atoms with Gasteiger partial charge in [0.05, 0.1) is 0 Å². The van der Waals surface area contributed by atoms with Crippen LogP contribution in [0.15, 0.2) is 42.5 Å². The van der Waals surface area contributed by atoms with Crippen LogP contribution in [0.25, 0.3) is 0 Å². The molecule has 1 amide bonds. The van der Waals surface area contributed by atoms with Crippen LogP contribution >= 0.6 is 0 Å². The molecule has 0 aliphatic heterocycles. The molecule has 21 heavy (non-hydrogen) atoms. The van der Waals surface area contributed by atoms with Gasteiger partial charge in [0.1, 0.15) is 17.2 Å². The van der Waals surface area contributed by atoms with Gasteiger partial charge in [-0.2, -0.15) is 0 Å². The van der Waals surface area contributed by atoms with Crippen molar-refractivity contribution in [2.24, 2.45) is 0 Å². The zero-order valence-electron chi connectivity index (χ0n) is 11.2. The molecule has 108 valence electrons. The number of hydrogen-bond acceptors (Lipinski definition) is 4. The van der Waals surface area contributed by atoms with Crippen LogP contribution in [0.5, 0.6) is 17.2 Å². The molecule has 0 saturated carbocycles. The molecule has 0 fully saturated rings. The first kappa shape index (κ1) is 14.4. The Hall–Kier alpha value is -3.02. The van der Waals surface area contributed by atoms with Gasteiger partial charge in [0.25, 0.3) is 0 Å². The highest BCUT2D eigenvalue weighted by atomic mass is 16.5. The van der Waals surface area contributed by atoms with Gasteiger partial charge in [0, 0.05) is 5.69 Å². The molecule has 2 rings (SSSR count). The van der Waals surface area contributed by atoms with Crippen molar-refractivity contribution in [3.05, 3.63) is 48.0 Å². The number of aliphatic carboxylic acids is 1. The van der Waals surface area contributed by atoms with Crippen LogP contribution in [0.1, 0.15) is 5.56 Å². The molecule has 0 spiro atoms. The average Bonchev–Trinajstić information content (AvgIpc) is 2.45. The molecule has 0 saturated heterocycles. The summed E-state index contributed by atoms with van der Waals surface area (Å²) in [5, 5.41) is 20.1. The van der Waals surface area contributed by atoms with E-state index in [1.165, 1.54) is 18.2 Å². The maximum atomic E-state index is 11.0. The van der Waals surface area contributed by atoms with Crippen LogP contribution in [0.4, 0.5) is 5.69 Å². The standard InChI is InChI=1S/C15H13NO5/c1-9-8-12(6-7-13(9)17)21-11-4-2-10(3-5-11)16-14(18)15(19)20/h2-8,17H,1H3,(H,16,18)(H,19,20). The Kier molecular flexibility index (Phi) is 4.08. The fourth-order valence-corrected chi connectivity index (χ4v) is 1.62. The van der Waals surface area contributed by atoms with E-state index in [1.807, 2.05) is 0 Å². The lowest BCUT2D eigenvalue weighted by molar-refractivity contribution is -0.147. The lowest BCUT2D eigenvalue weighted by Crippen LogP contribution is -2.21. The molecule has 0 radical (unpaired) electrons. The quantitative estimate of drug-likeness (QED) is 0.754. The number of nitrogens with one attached hydrogen (secondary N) is 1. The Morgan fingerprint density at radius 3 is 2.24 bits per heavy atom. The number of ether oxygens (including phenoxy) is 1. The monoisotopic (exact) mass is 287 g/mol. The van der Waals surface area contributed by atoms with E-state index in [2.05, 4.69) is 5.32 Å². The molecule has 0 atom stereocenters. The summed E-state index contributed by atoms with van der Waals surface area (Å²) >= 11 is 0. The van der Waals surface area contributed by atoms with E-state index in [-0.39, 0.29) is 5.75 Å². The molecule has 0 aliphatic carbocycles. The van der Waals surface area contributed by atoms with Gasteiger partial charge in [-0.05, 0) is 55.0 Å². The molecule has 2 aromatic rings. The van der Waals surface area contributed by atoms with Crippen molar-refractivity contribution in [3.8, 4) is 17.2 Å². The van der Waals surface area contributed by atoms with E-state index in [1.54, 1.807) is 31.2 Å². The number of hydrogen-bond donors (Lipinski definition) is 3. The Bertz CT molecular complexity index is 679. The van der Waals surface area contributed by atoms with Gasteiger partial charge in [0.2, 0.25) is 0 Å². The second kappa shape index (κ2) is 5.96. The number of carbonyl (C=O) groups excluding carboxylic acids is 1. The third-order valence-electron chi connectivity index (χ3n) is 2.71. The van der Waals surface area contributed by atoms with E-state index in [9.17, 15) is 14.7 Å². The molecule has 6 nitrogen and oxygen atoms in total. The number of phenols is 1. The summed E-state index contributed by atoms with van der Waals surface area (Å²) in [7, 11) is 0. The molecule has 0 aromatic heterocycles. The Balaban J connectivity index is 2.07. The molecule has 6 heteroatoms. The van der Waals surface area contributed by atoms with Crippen LogP contribution in [0.2, 0.25) is 0 Å². The van der Waals surface area contributed by atoms with Crippen molar-refractivity contribution >= 4 is 17.6 Å². The predicted octanol–water partition coefficient (Wildman–Crippen LogP) is 2.52. The summed E-state index contributed by atoms with van der Waals surface area (Å²) in [5.74, 6) is -1.37. The highest BCUT2D eigenvalue weighted by molar-refractivity contribution is 6.36. The molecule has 2 aromatic carbocycles. The van der Waals surface area contributed by atoms with Crippen LogP contribution in [0.3, 0.4) is 0 Å². The van der Waals surface area contributed by atoms with Gasteiger partial charge >= 0.3 is 11.9 Å². The van der Waals surface area contributed by atoms with Crippen LogP contribution in [-0.4, -0.2) is 22.1 Å². The molecule has 0 bridgehead atoms. The van der Waals surface area contributed by atoms with Crippen molar-refractivity contribution < 1.29 is 24.5 Å². The first-order valence-electron chi connectivity index (χ1n) is 6.07. The number of phenolic OH excluding ortho intramolecular Hbond substituents is 1. The number of aromatic hydroxyl groups is 1. The predicted molar refractivity (Wildman–Crippen MR) is 75.6 cm³/mol. The Labute approximate surface area is 120 Å². The summed E-state index contributed by atoms with van der Waals surface area (Å²) in [6.45, 7) is 1.76. The van der Waals surface area contributed by atoms with Crippen LogP contribution in [-0.2, 0) is 9.59 Å². The number of carboxylic acids is 1. The smallest absolute Gasteiger partial charge is 0.394 e. The lowest BCUT2D eigenvalue weighted by atomic mass is 10.2. The minimum Gasteiger partial charge on any atom is -0.508 e. The SMILES string of the molecule is Cc1cc(Oc2ccc(NC(=O)C(=O)O)cc2)ccc1O. The topological polar surface area (TPSA) is 95.9 Å². The maximum Gasteiger partial charge on any atom is 0.394 e. The lowest BCUT2D eigenvalue weighted by Gasteiger charge is -2.08. The van der Waals surface area contributed by atoms with Gasteiger partial charge in [-0.3, -0.25) is 4.79 Å². The summed E-state index contributed by atoms with van der Waals surface area (Å²) in [4.78, 5) is 21.4. The highest BCUT2D eigenvalue weighted by Crippen LogP contribution is 2.27. The normalized spacial score (nSPS) is 9.95. The van der Waals surface area contributed by atoms with Crippen molar-refractivity contribution in [1.29, 1.82) is 0 Å². The number of aryl methyl sites for hydroxylation is 1. The fourth-order valence-electron chi connectivity index (χ4n) is 1.62. The summed E-state index contributed by atoms with van der Waals surface area (Å²) in [6, 6.07) is 11.1. The van der Waals surface area contributed by atoms with E-state index in [0.29, 0.717) is 22.7 Å². The zero-order chi connectivity index (χ0) is 15.4. The zero-order valence-corrected chi connectivity index (χ0v) is 11.2. The highest BCUT2D eigenvalue weighted by Gasteiger charge is 2.10. The molecular weight excluding hydrogens is 274 g/mol. The van der Waals surface area contributed by atoms with E-state index >= 15 is 0 Å². The second-order valence-electron chi connectivity index (χ2n) is 4.33. The molecule has 0 heterocycles. The Morgan fingerprint density at radius 2 is 1.67 bits per heavy atom. The number of amides is 1. The first-order valence-corrected chi connectivity index (χ1v) is 6.07. The van der Waals surface area contributed by atoms with Crippen molar-refractivity contribution in [2.75, 3.05) is 5.32 Å². The number of carbonyl (C=O) groups is 2. The third kappa shape index (κ3) is 3.73. The Morgan fingerprint density at radius 1 is 1.05 bits per heavy atom. The number of rotatable bonds is 3. The van der Waals surface area contributed by atoms with E-state index in [4.69, 9.17) is 9.84 Å². The van der Waals surface area contributed by atoms with Gasteiger partial charge in [-0.15, -0.1) is 0 Å². The minimum atomic E-state index is -1.55. The summed E-state index contributed by atoms with van der Waals surface area (Å²) in [6.07, 6.45) is 0. The van der Waals surface area contributed by atoms with Crippen molar-refractivity contribution in [3.63, 3.8) is 0 Å². The molecule has 3 N–H and O–H groups in total. The van der Waals surface area contributed by atoms with Crippen LogP contribution in [0, 0.1) is 6.92 Å². The maximum absolute atomic E-state index is 11.0. The number of carboxylic acid groups (broad SMARTS) is 1. The molecular formula is C15H13NO5. The fraction of sp³-hybridized carbons (Fsp3) is 0.0667. The van der Waals surface area contributed by atoms with Crippen LogP contribution < -0.4 is 10.1 Å². The summed E-state index contributed by atoms with van der Waals surface area (Å²) < 4.78 is 5.58. The number of anilines is 1. The number of benzene rings is 2. The second-order valence-corrected chi connectivity index (χ2v) is 4.33. The molecule has 0 aliphatic rings. The van der Waals surface area contributed by atoms with Crippen molar-refractivity contribution in [1.82, 2.24) is 0 Å².